The molecule has 0 unspecified atom stereocenters. The van der Waals surface area contributed by atoms with Crippen LogP contribution in [0, 0.1) is 0 Å². The monoisotopic (exact) mass is 257 g/mol. The van der Waals surface area contributed by atoms with E-state index in [0.29, 0.717) is 6.61 Å². The fourth-order valence-corrected chi connectivity index (χ4v) is 1.89. The van der Waals surface area contributed by atoms with Gasteiger partial charge in [0.1, 0.15) is 11.5 Å². The number of rotatable bonds is 6. The van der Waals surface area contributed by atoms with Crippen molar-refractivity contribution in [3.05, 3.63) is 54.1 Å². The average Bonchev–Trinajstić information content (AvgIpc) is 2.44. The highest BCUT2D eigenvalue weighted by Crippen LogP contribution is 2.17. The van der Waals surface area contributed by atoms with Gasteiger partial charge in [0.25, 0.3) is 0 Å². The van der Waals surface area contributed by atoms with Gasteiger partial charge >= 0.3 is 0 Å². The van der Waals surface area contributed by atoms with E-state index in [1.165, 1.54) is 5.56 Å². The summed E-state index contributed by atoms with van der Waals surface area (Å²) in [5.74, 6) is 1.71. The molecule has 0 radical (unpaired) electrons. The molecule has 0 aliphatic carbocycles. The number of anilines is 1. The van der Waals surface area contributed by atoms with Crippen molar-refractivity contribution in [2.75, 3.05) is 19.5 Å². The first-order valence-corrected chi connectivity index (χ1v) is 6.39. The highest BCUT2D eigenvalue weighted by atomic mass is 16.5. The van der Waals surface area contributed by atoms with E-state index in [4.69, 9.17) is 15.2 Å². The Morgan fingerprint density at radius 2 is 1.74 bits per heavy atom. The molecule has 0 amide bonds. The minimum absolute atomic E-state index is 0.696. The second-order valence-electron chi connectivity index (χ2n) is 4.37. The van der Waals surface area contributed by atoms with E-state index in [2.05, 4.69) is 6.07 Å². The first kappa shape index (κ1) is 13.3. The molecule has 2 rings (SSSR count). The molecule has 2 aromatic rings. The van der Waals surface area contributed by atoms with Crippen molar-refractivity contribution < 1.29 is 9.47 Å². The fraction of sp³-hybridized carbons (Fsp3) is 0.250. The van der Waals surface area contributed by atoms with Gasteiger partial charge in [-0.05, 0) is 54.8 Å². The zero-order valence-corrected chi connectivity index (χ0v) is 11.1. The SMILES string of the molecule is COc1ccc(OCCCc2cccc(N)c2)cc1. The van der Waals surface area contributed by atoms with Crippen molar-refractivity contribution in [1.82, 2.24) is 0 Å². The predicted octanol–water partition coefficient (Wildman–Crippen LogP) is 3.29. The Bertz CT molecular complexity index is 508. The van der Waals surface area contributed by atoms with Crippen LogP contribution in [0.2, 0.25) is 0 Å². The summed E-state index contributed by atoms with van der Waals surface area (Å²) >= 11 is 0. The van der Waals surface area contributed by atoms with Crippen LogP contribution in [0.3, 0.4) is 0 Å². The molecule has 0 spiro atoms. The summed E-state index contributed by atoms with van der Waals surface area (Å²) in [6.07, 6.45) is 1.94. The van der Waals surface area contributed by atoms with E-state index in [1.807, 2.05) is 42.5 Å². The molecule has 2 aromatic carbocycles. The van der Waals surface area contributed by atoms with Gasteiger partial charge in [-0.2, -0.15) is 0 Å². The normalized spacial score (nSPS) is 10.2. The summed E-state index contributed by atoms with van der Waals surface area (Å²) in [4.78, 5) is 0. The van der Waals surface area contributed by atoms with Crippen molar-refractivity contribution in [3.8, 4) is 11.5 Å². The Labute approximate surface area is 114 Å². The second kappa shape index (κ2) is 6.69. The Hall–Kier alpha value is -2.16. The summed E-state index contributed by atoms with van der Waals surface area (Å²) in [7, 11) is 1.65. The van der Waals surface area contributed by atoms with Crippen molar-refractivity contribution >= 4 is 5.69 Å². The van der Waals surface area contributed by atoms with E-state index in [0.717, 1.165) is 30.0 Å². The molecule has 0 aliphatic rings. The number of nitrogens with two attached hydrogens (primary N) is 1. The maximum atomic E-state index is 5.74. The molecule has 0 bridgehead atoms. The lowest BCUT2D eigenvalue weighted by molar-refractivity contribution is 0.310. The number of aryl methyl sites for hydroxylation is 1. The first-order valence-electron chi connectivity index (χ1n) is 6.39. The minimum Gasteiger partial charge on any atom is -0.497 e. The number of benzene rings is 2. The van der Waals surface area contributed by atoms with E-state index < -0.39 is 0 Å². The van der Waals surface area contributed by atoms with Gasteiger partial charge in [0.2, 0.25) is 0 Å². The molecule has 0 heterocycles. The number of hydrogen-bond acceptors (Lipinski definition) is 3. The lowest BCUT2D eigenvalue weighted by Gasteiger charge is -2.07. The van der Waals surface area contributed by atoms with Gasteiger partial charge < -0.3 is 15.2 Å². The van der Waals surface area contributed by atoms with Crippen LogP contribution >= 0.6 is 0 Å². The van der Waals surface area contributed by atoms with Crippen molar-refractivity contribution in [1.29, 1.82) is 0 Å². The van der Waals surface area contributed by atoms with Crippen LogP contribution in [-0.4, -0.2) is 13.7 Å². The topological polar surface area (TPSA) is 44.5 Å². The number of hydrogen-bond donors (Lipinski definition) is 1. The lowest BCUT2D eigenvalue weighted by Crippen LogP contribution is -1.99. The lowest BCUT2D eigenvalue weighted by atomic mass is 10.1. The van der Waals surface area contributed by atoms with Gasteiger partial charge in [-0.15, -0.1) is 0 Å². The molecule has 0 aliphatic heterocycles. The van der Waals surface area contributed by atoms with Crippen LogP contribution in [0.25, 0.3) is 0 Å². The second-order valence-corrected chi connectivity index (χ2v) is 4.37. The quantitative estimate of drug-likeness (QED) is 0.638. The Morgan fingerprint density at radius 1 is 1.00 bits per heavy atom. The van der Waals surface area contributed by atoms with Crippen LogP contribution in [-0.2, 0) is 6.42 Å². The van der Waals surface area contributed by atoms with Crippen molar-refractivity contribution in [3.63, 3.8) is 0 Å². The Balaban J connectivity index is 1.74. The van der Waals surface area contributed by atoms with Gasteiger partial charge in [0.05, 0.1) is 13.7 Å². The Kier molecular flexibility index (Phi) is 4.67. The smallest absolute Gasteiger partial charge is 0.119 e. The van der Waals surface area contributed by atoms with Crippen molar-refractivity contribution in [2.45, 2.75) is 12.8 Å². The summed E-state index contributed by atoms with van der Waals surface area (Å²) in [6, 6.07) is 15.6. The van der Waals surface area contributed by atoms with Crippen LogP contribution in [0.5, 0.6) is 11.5 Å². The zero-order valence-electron chi connectivity index (χ0n) is 11.1. The molecule has 0 fully saturated rings. The molecule has 0 atom stereocenters. The molecule has 0 aromatic heterocycles. The molecule has 3 nitrogen and oxygen atoms in total. The summed E-state index contributed by atoms with van der Waals surface area (Å²) < 4.78 is 10.8. The van der Waals surface area contributed by atoms with Gasteiger partial charge in [-0.1, -0.05) is 12.1 Å². The minimum atomic E-state index is 0.696. The maximum absolute atomic E-state index is 5.74. The molecule has 100 valence electrons. The molecule has 2 N–H and O–H groups in total. The highest BCUT2D eigenvalue weighted by Gasteiger charge is 1.97. The van der Waals surface area contributed by atoms with Crippen LogP contribution in [0.1, 0.15) is 12.0 Å². The molecule has 0 saturated carbocycles. The summed E-state index contributed by atoms with van der Waals surface area (Å²) in [5, 5.41) is 0. The molecule has 19 heavy (non-hydrogen) atoms. The van der Waals surface area contributed by atoms with Gasteiger partial charge in [0, 0.05) is 5.69 Å². The van der Waals surface area contributed by atoms with Gasteiger partial charge in [-0.25, -0.2) is 0 Å². The summed E-state index contributed by atoms with van der Waals surface area (Å²) in [6.45, 7) is 0.696. The molecular weight excluding hydrogens is 238 g/mol. The van der Waals surface area contributed by atoms with E-state index >= 15 is 0 Å². The van der Waals surface area contributed by atoms with Crippen LogP contribution < -0.4 is 15.2 Å². The van der Waals surface area contributed by atoms with Gasteiger partial charge in [0.15, 0.2) is 0 Å². The van der Waals surface area contributed by atoms with Gasteiger partial charge in [-0.3, -0.25) is 0 Å². The first-order chi connectivity index (χ1) is 9.28. The van der Waals surface area contributed by atoms with Crippen molar-refractivity contribution in [2.24, 2.45) is 0 Å². The summed E-state index contributed by atoms with van der Waals surface area (Å²) in [5.41, 5.74) is 7.80. The number of ether oxygens (including phenoxy) is 2. The maximum Gasteiger partial charge on any atom is 0.119 e. The zero-order chi connectivity index (χ0) is 13.5. The predicted molar refractivity (Wildman–Crippen MR) is 77.7 cm³/mol. The van der Waals surface area contributed by atoms with E-state index in [9.17, 15) is 0 Å². The highest BCUT2D eigenvalue weighted by molar-refractivity contribution is 5.40. The fourth-order valence-electron chi connectivity index (χ4n) is 1.89. The van der Waals surface area contributed by atoms with Crippen LogP contribution in [0.15, 0.2) is 48.5 Å². The standard InChI is InChI=1S/C16H19NO2/c1-18-15-7-9-16(10-8-15)19-11-3-5-13-4-2-6-14(17)12-13/h2,4,6-10,12H,3,5,11,17H2,1H3. The number of nitrogen functional groups attached to an aromatic ring is 1. The van der Waals surface area contributed by atoms with Crippen LogP contribution in [0.4, 0.5) is 5.69 Å². The third-order valence-electron chi connectivity index (χ3n) is 2.89. The largest absolute Gasteiger partial charge is 0.497 e. The van der Waals surface area contributed by atoms with E-state index in [1.54, 1.807) is 7.11 Å². The molecule has 0 saturated heterocycles. The number of methoxy groups -OCH3 is 1. The van der Waals surface area contributed by atoms with E-state index in [-0.39, 0.29) is 0 Å². The molecule has 3 heteroatoms. The third-order valence-corrected chi connectivity index (χ3v) is 2.89. The molecular formula is C16H19NO2. The average molecular weight is 257 g/mol. The Morgan fingerprint density at radius 3 is 2.42 bits per heavy atom. The third kappa shape index (κ3) is 4.21.